The van der Waals surface area contributed by atoms with Crippen LogP contribution in [0, 0.1) is 5.82 Å². The molecule has 0 aliphatic carbocycles. The van der Waals surface area contributed by atoms with Crippen molar-refractivity contribution in [2.24, 2.45) is 0 Å². The van der Waals surface area contributed by atoms with E-state index < -0.39 is 42.8 Å². The fourth-order valence-corrected chi connectivity index (χ4v) is 4.08. The first-order valence-electron chi connectivity index (χ1n) is 9.55. The molecule has 158 valence electrons. The van der Waals surface area contributed by atoms with Gasteiger partial charge in [0.05, 0.1) is 30.0 Å². The van der Waals surface area contributed by atoms with Gasteiger partial charge in [0.25, 0.3) is 0 Å². The molecule has 2 amide bonds. The number of alkyl halides is 3. The van der Waals surface area contributed by atoms with Gasteiger partial charge < -0.3 is 10.2 Å². The van der Waals surface area contributed by atoms with Gasteiger partial charge in [0.2, 0.25) is 11.8 Å². The summed E-state index contributed by atoms with van der Waals surface area (Å²) in [5.41, 5.74) is 1.07. The van der Waals surface area contributed by atoms with Crippen LogP contribution in [-0.4, -0.2) is 37.1 Å². The van der Waals surface area contributed by atoms with Gasteiger partial charge in [0.15, 0.2) is 0 Å². The van der Waals surface area contributed by atoms with Gasteiger partial charge in [0, 0.05) is 6.54 Å². The summed E-state index contributed by atoms with van der Waals surface area (Å²) in [6.07, 6.45) is -4.43. The Hall–Kier alpha value is -3.10. The van der Waals surface area contributed by atoms with E-state index in [1.165, 1.54) is 29.2 Å². The van der Waals surface area contributed by atoms with E-state index in [0.717, 1.165) is 5.56 Å². The molecular formula is C21H19F4N3O2. The number of hydrogen-bond acceptors (Lipinski definition) is 3. The third-order valence-corrected chi connectivity index (χ3v) is 5.36. The summed E-state index contributed by atoms with van der Waals surface area (Å²) in [4.78, 5) is 27.4. The SMILES string of the molecule is O=C1CC(C(F)(F)F)N(C(=O)CN2CCCc3cccc(F)c32)c2ccccc2N1. The minimum Gasteiger partial charge on any atom is -0.360 e. The smallest absolute Gasteiger partial charge is 0.360 e. The second-order valence-electron chi connectivity index (χ2n) is 7.36. The number of rotatable bonds is 2. The number of para-hydroxylation sites is 3. The van der Waals surface area contributed by atoms with Gasteiger partial charge in [-0.15, -0.1) is 0 Å². The molecule has 0 spiro atoms. The van der Waals surface area contributed by atoms with Crippen molar-refractivity contribution in [1.29, 1.82) is 0 Å². The highest BCUT2D eigenvalue weighted by atomic mass is 19.4. The highest BCUT2D eigenvalue weighted by molar-refractivity contribution is 6.05. The van der Waals surface area contributed by atoms with E-state index in [4.69, 9.17) is 0 Å². The normalized spacial score (nSPS) is 18.9. The van der Waals surface area contributed by atoms with Crippen molar-refractivity contribution in [2.45, 2.75) is 31.5 Å². The van der Waals surface area contributed by atoms with Crippen LogP contribution in [0.25, 0.3) is 0 Å². The Morgan fingerprint density at radius 3 is 2.67 bits per heavy atom. The highest BCUT2D eigenvalue weighted by Crippen LogP contribution is 2.38. The monoisotopic (exact) mass is 421 g/mol. The van der Waals surface area contributed by atoms with Gasteiger partial charge in [-0.2, -0.15) is 13.2 Å². The number of fused-ring (bicyclic) bond motifs is 2. The second kappa shape index (κ2) is 7.62. The number of amides is 2. The Morgan fingerprint density at radius 1 is 1.13 bits per heavy atom. The van der Waals surface area contributed by atoms with Gasteiger partial charge in [-0.05, 0) is 36.6 Å². The van der Waals surface area contributed by atoms with Crippen LogP contribution >= 0.6 is 0 Å². The van der Waals surface area contributed by atoms with Crippen LogP contribution in [0.3, 0.4) is 0 Å². The number of nitrogens with one attached hydrogen (secondary N) is 1. The Balaban J connectivity index is 1.72. The summed E-state index contributed by atoms with van der Waals surface area (Å²) >= 11 is 0. The number of aryl methyl sites for hydroxylation is 1. The van der Waals surface area contributed by atoms with E-state index in [2.05, 4.69) is 5.32 Å². The first-order valence-corrected chi connectivity index (χ1v) is 9.55. The van der Waals surface area contributed by atoms with E-state index in [1.54, 1.807) is 18.2 Å². The predicted molar refractivity (Wildman–Crippen MR) is 104 cm³/mol. The Kier molecular flexibility index (Phi) is 5.13. The van der Waals surface area contributed by atoms with E-state index >= 15 is 0 Å². The lowest BCUT2D eigenvalue weighted by atomic mass is 10.0. The molecule has 2 heterocycles. The van der Waals surface area contributed by atoms with Crippen LogP contribution in [0.5, 0.6) is 0 Å². The molecule has 0 bridgehead atoms. The first kappa shape index (κ1) is 20.2. The van der Waals surface area contributed by atoms with Crippen LogP contribution in [0.1, 0.15) is 18.4 Å². The highest BCUT2D eigenvalue weighted by Gasteiger charge is 2.49. The van der Waals surface area contributed by atoms with Crippen LogP contribution in [-0.2, 0) is 16.0 Å². The lowest BCUT2D eigenvalue weighted by Crippen LogP contribution is -2.53. The van der Waals surface area contributed by atoms with Crippen LogP contribution < -0.4 is 15.1 Å². The molecule has 2 aromatic carbocycles. The first-order chi connectivity index (χ1) is 14.3. The molecule has 4 rings (SSSR count). The molecule has 2 aliphatic rings. The molecule has 1 N–H and O–H groups in total. The predicted octanol–water partition coefficient (Wildman–Crippen LogP) is 3.88. The maximum Gasteiger partial charge on any atom is 0.409 e. The third-order valence-electron chi connectivity index (χ3n) is 5.36. The van der Waals surface area contributed by atoms with Gasteiger partial charge in [-0.3, -0.25) is 14.5 Å². The number of carbonyl (C=O) groups is 2. The van der Waals surface area contributed by atoms with Crippen molar-refractivity contribution in [3.8, 4) is 0 Å². The number of nitrogens with zero attached hydrogens (tertiary/aromatic N) is 2. The summed E-state index contributed by atoms with van der Waals surface area (Å²) in [6, 6.07) is 8.15. The topological polar surface area (TPSA) is 52.7 Å². The molecule has 2 aromatic rings. The average molecular weight is 421 g/mol. The molecule has 0 fully saturated rings. The van der Waals surface area contributed by atoms with Gasteiger partial charge in [-0.25, -0.2) is 4.39 Å². The summed E-state index contributed by atoms with van der Waals surface area (Å²) in [5, 5.41) is 2.43. The lowest BCUT2D eigenvalue weighted by Gasteiger charge is -2.36. The quantitative estimate of drug-likeness (QED) is 0.749. The molecule has 2 aliphatic heterocycles. The molecule has 0 saturated carbocycles. The second-order valence-corrected chi connectivity index (χ2v) is 7.36. The maximum absolute atomic E-state index is 14.4. The Morgan fingerprint density at radius 2 is 1.90 bits per heavy atom. The Labute approximate surface area is 170 Å². The van der Waals surface area contributed by atoms with Crippen molar-refractivity contribution in [3.05, 3.63) is 53.8 Å². The van der Waals surface area contributed by atoms with E-state index in [9.17, 15) is 27.2 Å². The maximum atomic E-state index is 14.4. The molecule has 0 saturated heterocycles. The number of hydrogen-bond donors (Lipinski definition) is 1. The summed E-state index contributed by atoms with van der Waals surface area (Å²) in [5.74, 6) is -2.19. The van der Waals surface area contributed by atoms with Gasteiger partial charge in [0.1, 0.15) is 11.9 Å². The zero-order chi connectivity index (χ0) is 21.5. The zero-order valence-electron chi connectivity index (χ0n) is 15.9. The molecule has 5 nitrogen and oxygen atoms in total. The molecular weight excluding hydrogens is 402 g/mol. The largest absolute Gasteiger partial charge is 0.409 e. The number of carbonyl (C=O) groups excluding carboxylic acids is 2. The fraction of sp³-hybridized carbons (Fsp3) is 0.333. The average Bonchev–Trinajstić information content (AvgIpc) is 2.84. The van der Waals surface area contributed by atoms with Gasteiger partial charge in [-0.1, -0.05) is 24.3 Å². The lowest BCUT2D eigenvalue weighted by molar-refractivity contribution is -0.157. The molecule has 0 radical (unpaired) electrons. The zero-order valence-corrected chi connectivity index (χ0v) is 15.9. The molecule has 1 unspecified atom stereocenters. The summed E-state index contributed by atoms with van der Waals surface area (Å²) in [6.45, 7) is -0.0773. The fourth-order valence-electron chi connectivity index (χ4n) is 4.08. The van der Waals surface area contributed by atoms with E-state index in [0.29, 0.717) is 24.3 Å². The van der Waals surface area contributed by atoms with Crippen molar-refractivity contribution in [3.63, 3.8) is 0 Å². The summed E-state index contributed by atoms with van der Waals surface area (Å²) < 4.78 is 55.9. The minimum absolute atomic E-state index is 0.0264. The minimum atomic E-state index is -4.81. The van der Waals surface area contributed by atoms with E-state index in [-0.39, 0.29) is 17.1 Å². The Bertz CT molecular complexity index is 992. The standard InChI is InChI=1S/C21H19F4N3O2/c22-14-7-3-5-13-6-4-10-27(20(13)14)12-19(30)28-16-9-2-1-8-15(16)26-18(29)11-17(28)21(23,24)25/h1-3,5,7-9,17H,4,6,10-12H2,(H,26,29). The number of anilines is 3. The number of halogens is 4. The van der Waals surface area contributed by atoms with E-state index in [1.807, 2.05) is 0 Å². The van der Waals surface area contributed by atoms with Crippen LogP contribution in [0.4, 0.5) is 34.6 Å². The number of benzene rings is 2. The summed E-state index contributed by atoms with van der Waals surface area (Å²) in [7, 11) is 0. The molecule has 0 aromatic heterocycles. The van der Waals surface area contributed by atoms with Crippen molar-refractivity contribution >= 4 is 28.9 Å². The van der Waals surface area contributed by atoms with Crippen molar-refractivity contribution in [2.75, 3.05) is 28.2 Å². The molecule has 1 atom stereocenters. The third kappa shape index (κ3) is 3.71. The molecule has 30 heavy (non-hydrogen) atoms. The van der Waals surface area contributed by atoms with Crippen molar-refractivity contribution in [1.82, 2.24) is 0 Å². The van der Waals surface area contributed by atoms with Crippen LogP contribution in [0.15, 0.2) is 42.5 Å². The van der Waals surface area contributed by atoms with Crippen LogP contribution in [0.2, 0.25) is 0 Å². The van der Waals surface area contributed by atoms with Gasteiger partial charge >= 0.3 is 6.18 Å². The molecule has 9 heteroatoms. The van der Waals surface area contributed by atoms with Crippen molar-refractivity contribution < 1.29 is 27.2 Å².